The van der Waals surface area contributed by atoms with Crippen LogP contribution in [0, 0.1) is 0 Å². The van der Waals surface area contributed by atoms with Crippen molar-refractivity contribution in [2.75, 3.05) is 26.7 Å². The van der Waals surface area contributed by atoms with Gasteiger partial charge in [-0.2, -0.15) is 5.10 Å². The average molecular weight is 393 g/mol. The van der Waals surface area contributed by atoms with E-state index in [9.17, 15) is 9.59 Å². The van der Waals surface area contributed by atoms with Crippen molar-refractivity contribution in [1.29, 1.82) is 0 Å². The molecular weight excluding hydrogens is 368 g/mol. The Morgan fingerprint density at radius 2 is 2.07 bits per heavy atom. The van der Waals surface area contributed by atoms with E-state index in [0.717, 1.165) is 31.5 Å². The number of hydrogen-bond acceptors (Lipinski definition) is 5. The van der Waals surface area contributed by atoms with Crippen molar-refractivity contribution in [3.8, 4) is 0 Å². The summed E-state index contributed by atoms with van der Waals surface area (Å²) in [4.78, 5) is 23.7. The Labute approximate surface area is 164 Å². The summed E-state index contributed by atoms with van der Waals surface area (Å²) >= 11 is 0. The van der Waals surface area contributed by atoms with Gasteiger partial charge in [0.15, 0.2) is 0 Å². The number of rotatable bonds is 6. The number of carbonyl (C=O) groups is 2. The molecule has 1 amide bonds. The number of hydrogen-bond donors (Lipinski definition) is 2. The van der Waals surface area contributed by atoms with Crippen molar-refractivity contribution in [2.24, 2.45) is 0 Å². The predicted molar refractivity (Wildman–Crippen MR) is 104 cm³/mol. The third-order valence-electron chi connectivity index (χ3n) is 4.56. The molecule has 2 aromatic rings. The monoisotopic (exact) mass is 392 g/mol. The van der Waals surface area contributed by atoms with E-state index in [1.54, 1.807) is 18.2 Å². The maximum atomic E-state index is 12.2. The zero-order valence-corrected chi connectivity index (χ0v) is 16.1. The number of carbonyl (C=O) groups excluding carboxylic acids is 2. The molecule has 0 radical (unpaired) electrons. The van der Waals surface area contributed by atoms with Gasteiger partial charge < -0.3 is 15.4 Å². The van der Waals surface area contributed by atoms with Crippen LogP contribution in [0.2, 0.25) is 0 Å². The normalized spacial score (nSPS) is 16.3. The van der Waals surface area contributed by atoms with E-state index in [2.05, 4.69) is 20.5 Å². The molecule has 146 valence electrons. The summed E-state index contributed by atoms with van der Waals surface area (Å²) in [6.45, 7) is 2.45. The molecule has 0 spiro atoms. The highest BCUT2D eigenvalue weighted by Gasteiger charge is 2.17. The summed E-state index contributed by atoms with van der Waals surface area (Å²) in [5.74, 6) is -0.521. The first-order valence-electron chi connectivity index (χ1n) is 8.88. The molecule has 1 atom stereocenters. The van der Waals surface area contributed by atoms with Crippen LogP contribution in [0.3, 0.4) is 0 Å². The van der Waals surface area contributed by atoms with Gasteiger partial charge >= 0.3 is 5.97 Å². The van der Waals surface area contributed by atoms with Crippen LogP contribution >= 0.6 is 12.4 Å². The number of amides is 1. The van der Waals surface area contributed by atoms with Gasteiger partial charge in [0, 0.05) is 19.3 Å². The molecule has 1 aliphatic rings. The first-order chi connectivity index (χ1) is 12.7. The zero-order chi connectivity index (χ0) is 18.4. The highest BCUT2D eigenvalue weighted by Crippen LogP contribution is 2.15. The van der Waals surface area contributed by atoms with E-state index in [4.69, 9.17) is 0 Å². The maximum absolute atomic E-state index is 12.2. The molecule has 1 fully saturated rings. The van der Waals surface area contributed by atoms with Crippen LogP contribution in [0.5, 0.6) is 0 Å². The van der Waals surface area contributed by atoms with Crippen molar-refractivity contribution in [1.82, 2.24) is 20.4 Å². The Hall–Kier alpha value is -2.38. The van der Waals surface area contributed by atoms with Crippen LogP contribution in [-0.4, -0.2) is 48.4 Å². The fraction of sp³-hybridized carbons (Fsp3) is 0.421. The first kappa shape index (κ1) is 20.9. The van der Waals surface area contributed by atoms with Crippen LogP contribution in [0.4, 0.5) is 0 Å². The second-order valence-electron chi connectivity index (χ2n) is 6.38. The van der Waals surface area contributed by atoms with Gasteiger partial charge in [0.2, 0.25) is 0 Å². The number of methoxy groups -OCH3 is 1. The quantitative estimate of drug-likeness (QED) is 0.734. The van der Waals surface area contributed by atoms with E-state index in [1.165, 1.54) is 7.11 Å². The minimum atomic E-state index is -0.353. The minimum absolute atomic E-state index is 0. The summed E-state index contributed by atoms with van der Waals surface area (Å²) in [6, 6.07) is 9.26. The van der Waals surface area contributed by atoms with Gasteiger partial charge in [-0.15, -0.1) is 12.4 Å². The first-order valence-corrected chi connectivity index (χ1v) is 8.88. The molecule has 1 saturated heterocycles. The second kappa shape index (κ2) is 10.1. The molecule has 2 N–H and O–H groups in total. The minimum Gasteiger partial charge on any atom is -0.465 e. The van der Waals surface area contributed by atoms with Gasteiger partial charge in [0.05, 0.1) is 18.7 Å². The van der Waals surface area contributed by atoms with Crippen LogP contribution in [0.15, 0.2) is 36.5 Å². The Morgan fingerprint density at radius 1 is 1.30 bits per heavy atom. The number of nitrogens with one attached hydrogen (secondary N) is 2. The smallest absolute Gasteiger partial charge is 0.337 e. The topological polar surface area (TPSA) is 85.2 Å². The number of aromatic nitrogens is 2. The van der Waals surface area contributed by atoms with E-state index in [1.807, 2.05) is 23.0 Å². The van der Waals surface area contributed by atoms with Gasteiger partial charge in [-0.05, 0) is 49.6 Å². The van der Waals surface area contributed by atoms with Gasteiger partial charge in [-0.1, -0.05) is 12.1 Å². The number of benzene rings is 1. The zero-order valence-electron chi connectivity index (χ0n) is 15.3. The Kier molecular flexibility index (Phi) is 7.82. The van der Waals surface area contributed by atoms with Gasteiger partial charge in [-0.25, -0.2) is 4.79 Å². The Bertz CT molecular complexity index is 755. The van der Waals surface area contributed by atoms with Crippen LogP contribution in [0.1, 0.15) is 45.3 Å². The number of esters is 1. The highest BCUT2D eigenvalue weighted by atomic mass is 35.5. The lowest BCUT2D eigenvalue weighted by Gasteiger charge is -2.22. The fourth-order valence-corrected chi connectivity index (χ4v) is 3.06. The lowest BCUT2D eigenvalue weighted by molar-refractivity contribution is 0.0600. The molecule has 1 aromatic carbocycles. The number of ether oxygens (including phenoxy) is 1. The summed E-state index contributed by atoms with van der Waals surface area (Å²) in [7, 11) is 1.36. The van der Waals surface area contributed by atoms with E-state index in [-0.39, 0.29) is 24.3 Å². The van der Waals surface area contributed by atoms with Gasteiger partial charge in [-0.3, -0.25) is 9.48 Å². The number of halogens is 1. The molecule has 1 aromatic heterocycles. The SMILES string of the molecule is COC(=O)c1ccc(CCNC(=O)c2ccn(C3CCCNC3)n2)cc1.Cl. The van der Waals surface area contributed by atoms with Crippen molar-refractivity contribution < 1.29 is 14.3 Å². The van der Waals surface area contributed by atoms with Crippen molar-refractivity contribution in [3.05, 3.63) is 53.3 Å². The van der Waals surface area contributed by atoms with Crippen LogP contribution < -0.4 is 10.6 Å². The second-order valence-corrected chi connectivity index (χ2v) is 6.38. The molecule has 0 aliphatic carbocycles. The fourth-order valence-electron chi connectivity index (χ4n) is 3.06. The van der Waals surface area contributed by atoms with Gasteiger partial charge in [0.1, 0.15) is 5.69 Å². The van der Waals surface area contributed by atoms with E-state index in [0.29, 0.717) is 30.3 Å². The molecule has 27 heavy (non-hydrogen) atoms. The van der Waals surface area contributed by atoms with Crippen molar-refractivity contribution >= 4 is 24.3 Å². The largest absolute Gasteiger partial charge is 0.465 e. The standard InChI is InChI=1S/C19H24N4O3.ClH/c1-26-19(25)15-6-4-14(5-7-15)8-11-21-18(24)17-9-12-23(22-17)16-3-2-10-20-13-16;/h4-7,9,12,16,20H,2-3,8,10-11,13H2,1H3,(H,21,24);1H. The molecule has 1 aliphatic heterocycles. The van der Waals surface area contributed by atoms with E-state index >= 15 is 0 Å². The Balaban J connectivity index is 0.00000261. The molecule has 2 heterocycles. The number of nitrogens with zero attached hydrogens (tertiary/aromatic N) is 2. The number of piperidine rings is 1. The summed E-state index contributed by atoms with van der Waals surface area (Å²) < 4.78 is 6.56. The predicted octanol–water partition coefficient (Wildman–Crippen LogP) is 1.99. The van der Waals surface area contributed by atoms with Crippen molar-refractivity contribution in [3.63, 3.8) is 0 Å². The lowest BCUT2D eigenvalue weighted by atomic mass is 10.1. The molecular formula is C19H25ClN4O3. The van der Waals surface area contributed by atoms with E-state index < -0.39 is 0 Å². The summed E-state index contributed by atoms with van der Waals surface area (Å²) in [5.41, 5.74) is 2.00. The van der Waals surface area contributed by atoms with Crippen LogP contribution in [-0.2, 0) is 11.2 Å². The maximum Gasteiger partial charge on any atom is 0.337 e. The van der Waals surface area contributed by atoms with Crippen molar-refractivity contribution in [2.45, 2.75) is 25.3 Å². The molecule has 3 rings (SSSR count). The third kappa shape index (κ3) is 5.55. The molecule has 8 heteroatoms. The van der Waals surface area contributed by atoms with Gasteiger partial charge in [0.25, 0.3) is 5.91 Å². The molecule has 1 unspecified atom stereocenters. The molecule has 7 nitrogen and oxygen atoms in total. The van der Waals surface area contributed by atoms with Crippen LogP contribution in [0.25, 0.3) is 0 Å². The Morgan fingerprint density at radius 3 is 2.74 bits per heavy atom. The summed E-state index contributed by atoms with van der Waals surface area (Å²) in [6.07, 6.45) is 4.76. The average Bonchev–Trinajstić information content (AvgIpc) is 3.19. The molecule has 0 bridgehead atoms. The molecule has 0 saturated carbocycles. The third-order valence-corrected chi connectivity index (χ3v) is 4.56. The lowest BCUT2D eigenvalue weighted by Crippen LogP contribution is -2.32. The highest BCUT2D eigenvalue weighted by molar-refractivity contribution is 5.92. The summed E-state index contributed by atoms with van der Waals surface area (Å²) in [5, 5.41) is 10.7.